The third-order valence-corrected chi connectivity index (χ3v) is 4.09. The van der Waals surface area contributed by atoms with Crippen molar-refractivity contribution in [3.05, 3.63) is 29.8 Å². The number of hydrogen-bond acceptors (Lipinski definition) is 6. The summed E-state index contributed by atoms with van der Waals surface area (Å²) < 4.78 is 12.3. The van der Waals surface area contributed by atoms with Crippen LogP contribution in [0.2, 0.25) is 0 Å². The van der Waals surface area contributed by atoms with Gasteiger partial charge in [0.25, 0.3) is 0 Å². The quantitative estimate of drug-likeness (QED) is 0.867. The number of hydrogen-bond donors (Lipinski definition) is 1. The Morgan fingerprint density at radius 3 is 3.00 bits per heavy atom. The lowest BCUT2D eigenvalue weighted by molar-refractivity contribution is -0.132. The van der Waals surface area contributed by atoms with E-state index in [2.05, 4.69) is 10.3 Å². The van der Waals surface area contributed by atoms with Crippen molar-refractivity contribution in [3.63, 3.8) is 0 Å². The molecule has 0 unspecified atom stereocenters. The number of aromatic nitrogens is 3. The number of anilines is 1. The number of aryl methyl sites for hydroxylation is 1. The lowest BCUT2D eigenvalue weighted by Crippen LogP contribution is -2.39. The number of ether oxygens (including phenoxy) is 1. The highest BCUT2D eigenvalue weighted by molar-refractivity contribution is 5.78. The maximum Gasteiger partial charge on any atom is 0.230 e. The molecule has 3 heterocycles. The number of carbonyl (C=O) groups excluding carboxylic acids is 1. The van der Waals surface area contributed by atoms with Gasteiger partial charge in [0.15, 0.2) is 0 Å². The Kier molecular flexibility index (Phi) is 4.33. The highest BCUT2D eigenvalue weighted by Crippen LogP contribution is 2.23. The van der Waals surface area contributed by atoms with Gasteiger partial charge in [-0.3, -0.25) is 9.48 Å². The third kappa shape index (κ3) is 3.53. The number of nitrogen functional groups attached to an aromatic ring is 1. The molecule has 1 aliphatic rings. The SMILES string of the molecule is CO[C@@H]1C[C@@H](Cn2ccc(N)n2)N(C(=O)Cc2cc(C)no2)C1. The molecule has 1 amide bonds. The molecule has 0 aliphatic carbocycles. The highest BCUT2D eigenvalue weighted by Gasteiger charge is 2.35. The van der Waals surface area contributed by atoms with Crippen molar-refractivity contribution in [3.8, 4) is 0 Å². The average Bonchev–Trinajstić information content (AvgIpc) is 3.21. The molecule has 23 heavy (non-hydrogen) atoms. The van der Waals surface area contributed by atoms with Crippen LogP contribution in [0.4, 0.5) is 5.82 Å². The Bertz CT molecular complexity index is 680. The van der Waals surface area contributed by atoms with Crippen molar-refractivity contribution in [2.75, 3.05) is 19.4 Å². The standard InChI is InChI=1S/C15H21N5O3/c1-10-5-12(23-18-10)7-15(21)20-9-13(22-2)6-11(20)8-19-4-3-14(16)17-19/h3-5,11,13H,6-9H2,1-2H3,(H2,16,17)/t11-,13+/m0/s1. The van der Waals surface area contributed by atoms with E-state index in [-0.39, 0.29) is 24.5 Å². The first kappa shape index (κ1) is 15.5. The summed E-state index contributed by atoms with van der Waals surface area (Å²) in [6, 6.07) is 3.55. The van der Waals surface area contributed by atoms with Gasteiger partial charge in [0.05, 0.1) is 30.8 Å². The zero-order chi connectivity index (χ0) is 16.4. The van der Waals surface area contributed by atoms with E-state index in [1.165, 1.54) is 0 Å². The molecule has 0 spiro atoms. The minimum Gasteiger partial charge on any atom is -0.382 e. The number of nitrogens with zero attached hydrogens (tertiary/aromatic N) is 4. The van der Waals surface area contributed by atoms with Gasteiger partial charge in [-0.25, -0.2) is 0 Å². The van der Waals surface area contributed by atoms with Gasteiger partial charge in [0.1, 0.15) is 11.6 Å². The first-order chi connectivity index (χ1) is 11.0. The summed E-state index contributed by atoms with van der Waals surface area (Å²) >= 11 is 0. The van der Waals surface area contributed by atoms with Gasteiger partial charge in [-0.05, 0) is 19.4 Å². The van der Waals surface area contributed by atoms with Crippen LogP contribution in [0, 0.1) is 6.92 Å². The van der Waals surface area contributed by atoms with E-state index in [4.69, 9.17) is 15.0 Å². The minimum absolute atomic E-state index is 0.00540. The normalized spacial score (nSPS) is 21.0. The zero-order valence-electron chi connectivity index (χ0n) is 13.3. The number of carbonyl (C=O) groups is 1. The van der Waals surface area contributed by atoms with Crippen LogP contribution < -0.4 is 5.73 Å². The van der Waals surface area contributed by atoms with Crippen molar-refractivity contribution < 1.29 is 14.1 Å². The van der Waals surface area contributed by atoms with Crippen molar-refractivity contribution in [2.45, 2.75) is 38.5 Å². The van der Waals surface area contributed by atoms with E-state index in [1.807, 2.05) is 18.0 Å². The first-order valence-electron chi connectivity index (χ1n) is 7.58. The van der Waals surface area contributed by atoms with E-state index >= 15 is 0 Å². The van der Waals surface area contributed by atoms with Crippen LogP contribution in [0.25, 0.3) is 0 Å². The maximum absolute atomic E-state index is 12.6. The molecule has 1 fully saturated rings. The largest absolute Gasteiger partial charge is 0.382 e. The Balaban J connectivity index is 1.70. The summed E-state index contributed by atoms with van der Waals surface area (Å²) in [6.45, 7) is 3.00. The van der Waals surface area contributed by atoms with Crippen LogP contribution in [-0.4, -0.2) is 51.5 Å². The lowest BCUT2D eigenvalue weighted by Gasteiger charge is -2.24. The van der Waals surface area contributed by atoms with Gasteiger partial charge < -0.3 is 19.9 Å². The molecule has 8 heteroatoms. The lowest BCUT2D eigenvalue weighted by atomic mass is 10.2. The topological polar surface area (TPSA) is 99.4 Å². The molecule has 124 valence electrons. The van der Waals surface area contributed by atoms with Crippen LogP contribution in [0.1, 0.15) is 17.9 Å². The zero-order valence-corrected chi connectivity index (χ0v) is 13.3. The highest BCUT2D eigenvalue weighted by atomic mass is 16.5. The fraction of sp³-hybridized carbons (Fsp3) is 0.533. The fourth-order valence-corrected chi connectivity index (χ4v) is 2.97. The first-order valence-corrected chi connectivity index (χ1v) is 7.58. The monoisotopic (exact) mass is 319 g/mol. The molecule has 3 rings (SSSR count). The Morgan fingerprint density at radius 1 is 1.57 bits per heavy atom. The van der Waals surface area contributed by atoms with Crippen LogP contribution in [-0.2, 0) is 22.5 Å². The van der Waals surface area contributed by atoms with Crippen LogP contribution in [0.5, 0.6) is 0 Å². The number of methoxy groups -OCH3 is 1. The van der Waals surface area contributed by atoms with Crippen molar-refractivity contribution in [1.82, 2.24) is 19.8 Å². The Morgan fingerprint density at radius 2 is 2.39 bits per heavy atom. The Hall–Kier alpha value is -2.35. The van der Waals surface area contributed by atoms with Gasteiger partial charge in [0, 0.05) is 25.9 Å². The molecular formula is C15H21N5O3. The van der Waals surface area contributed by atoms with Gasteiger partial charge in [0.2, 0.25) is 5.91 Å². The summed E-state index contributed by atoms with van der Waals surface area (Å²) in [4.78, 5) is 14.5. The predicted octanol–water partition coefficient (Wildman–Crippen LogP) is 0.620. The number of nitrogens with two attached hydrogens (primary N) is 1. The average molecular weight is 319 g/mol. The molecule has 2 N–H and O–H groups in total. The second kappa shape index (κ2) is 6.41. The molecular weight excluding hydrogens is 298 g/mol. The number of amides is 1. The third-order valence-electron chi connectivity index (χ3n) is 4.09. The second-order valence-corrected chi connectivity index (χ2v) is 5.87. The molecule has 2 atom stereocenters. The molecule has 1 aliphatic heterocycles. The van der Waals surface area contributed by atoms with E-state index in [9.17, 15) is 4.79 Å². The minimum atomic E-state index is 0.00540. The van der Waals surface area contributed by atoms with Gasteiger partial charge in [-0.15, -0.1) is 0 Å². The molecule has 0 radical (unpaired) electrons. The van der Waals surface area contributed by atoms with E-state index in [0.29, 0.717) is 24.7 Å². The number of rotatable bonds is 5. The molecule has 1 saturated heterocycles. The van der Waals surface area contributed by atoms with Crippen molar-refractivity contribution in [1.29, 1.82) is 0 Å². The molecule has 0 saturated carbocycles. The van der Waals surface area contributed by atoms with Gasteiger partial charge in [-0.2, -0.15) is 5.10 Å². The Labute approximate surface area is 134 Å². The molecule has 2 aromatic rings. The summed E-state index contributed by atoms with van der Waals surface area (Å²) in [5.41, 5.74) is 6.42. The smallest absolute Gasteiger partial charge is 0.230 e. The van der Waals surface area contributed by atoms with E-state index < -0.39 is 0 Å². The summed E-state index contributed by atoms with van der Waals surface area (Å²) in [5, 5.41) is 8.01. The predicted molar refractivity (Wildman–Crippen MR) is 82.5 cm³/mol. The summed E-state index contributed by atoms with van der Waals surface area (Å²) in [5.74, 6) is 1.06. The van der Waals surface area contributed by atoms with Crippen LogP contribution >= 0.6 is 0 Å². The van der Waals surface area contributed by atoms with E-state index in [1.54, 1.807) is 23.9 Å². The van der Waals surface area contributed by atoms with E-state index in [0.717, 1.165) is 12.1 Å². The van der Waals surface area contributed by atoms with Crippen molar-refractivity contribution in [2.24, 2.45) is 0 Å². The van der Waals surface area contributed by atoms with Gasteiger partial charge in [-0.1, -0.05) is 5.16 Å². The number of likely N-dealkylation sites (tertiary alicyclic amines) is 1. The second-order valence-electron chi connectivity index (χ2n) is 5.87. The summed E-state index contributed by atoms with van der Waals surface area (Å²) in [7, 11) is 1.67. The maximum atomic E-state index is 12.6. The molecule has 0 aromatic carbocycles. The van der Waals surface area contributed by atoms with Crippen LogP contribution in [0.3, 0.4) is 0 Å². The molecule has 8 nitrogen and oxygen atoms in total. The van der Waals surface area contributed by atoms with Gasteiger partial charge >= 0.3 is 0 Å². The summed E-state index contributed by atoms with van der Waals surface area (Å²) in [6.07, 6.45) is 2.83. The fourth-order valence-electron chi connectivity index (χ4n) is 2.97. The molecule has 2 aromatic heterocycles. The molecule has 0 bridgehead atoms. The van der Waals surface area contributed by atoms with Crippen LogP contribution in [0.15, 0.2) is 22.9 Å². The van der Waals surface area contributed by atoms with Crippen molar-refractivity contribution >= 4 is 11.7 Å².